The predicted molar refractivity (Wildman–Crippen MR) is 86.0 cm³/mol. The maximum atomic E-state index is 12.5. The van der Waals surface area contributed by atoms with Gasteiger partial charge in [0.1, 0.15) is 0 Å². The monoisotopic (exact) mass is 308 g/mol. The van der Waals surface area contributed by atoms with E-state index in [0.29, 0.717) is 24.2 Å². The Kier molecular flexibility index (Phi) is 3.22. The number of pyridine rings is 1. The van der Waals surface area contributed by atoms with Gasteiger partial charge in [-0.05, 0) is 17.5 Å². The highest BCUT2D eigenvalue weighted by Gasteiger charge is 2.22. The number of hydrogen-bond donors (Lipinski definition) is 2. The lowest BCUT2D eigenvalue weighted by atomic mass is 10.1. The van der Waals surface area contributed by atoms with E-state index in [-0.39, 0.29) is 17.9 Å². The van der Waals surface area contributed by atoms with Gasteiger partial charge in [0.05, 0.1) is 30.7 Å². The van der Waals surface area contributed by atoms with Crippen molar-refractivity contribution in [3.63, 3.8) is 0 Å². The minimum absolute atomic E-state index is 0.0104. The number of aromatic nitrogens is 3. The number of aromatic amines is 2. The largest absolute Gasteiger partial charge is 0.347 e. The smallest absolute Gasteiger partial charge is 0.256 e. The first-order valence-corrected chi connectivity index (χ1v) is 7.60. The van der Waals surface area contributed by atoms with E-state index in [0.717, 1.165) is 23.2 Å². The molecular weight excluding hydrogens is 292 g/mol. The topological polar surface area (TPSA) is 81.8 Å². The molecule has 3 heterocycles. The Morgan fingerprint density at radius 2 is 2.17 bits per heavy atom. The number of benzene rings is 1. The molecule has 2 N–H and O–H groups in total. The predicted octanol–water partition coefficient (Wildman–Crippen LogP) is 1.38. The lowest BCUT2D eigenvalue weighted by molar-refractivity contribution is -0.131. The molecule has 0 aliphatic carbocycles. The number of imidazole rings is 1. The second kappa shape index (κ2) is 5.39. The van der Waals surface area contributed by atoms with Gasteiger partial charge in [-0.2, -0.15) is 0 Å². The van der Waals surface area contributed by atoms with Crippen LogP contribution in [-0.4, -0.2) is 32.3 Å². The maximum Gasteiger partial charge on any atom is 0.256 e. The number of nitrogens with zero attached hydrogens (tertiary/aromatic N) is 2. The van der Waals surface area contributed by atoms with Gasteiger partial charge in [0.2, 0.25) is 5.91 Å². The highest BCUT2D eigenvalue weighted by Crippen LogP contribution is 2.16. The first-order valence-electron chi connectivity index (χ1n) is 7.60. The number of hydrogen-bond acceptors (Lipinski definition) is 3. The van der Waals surface area contributed by atoms with Gasteiger partial charge in [0.15, 0.2) is 0 Å². The Morgan fingerprint density at radius 1 is 1.30 bits per heavy atom. The third-order valence-electron chi connectivity index (χ3n) is 4.28. The van der Waals surface area contributed by atoms with Crippen molar-refractivity contribution in [2.24, 2.45) is 0 Å². The standard InChI is InChI=1S/C17H16N4O2/c22-16(21-6-5-14-15(9-21)19-10-18-14)8-12-7-11-3-1-2-4-13(11)17(23)20-12/h1-4,7,10H,5-6,8-9H2,(H,18,19)(H,20,23). The summed E-state index contributed by atoms with van der Waals surface area (Å²) in [7, 11) is 0. The molecule has 1 aliphatic rings. The van der Waals surface area contributed by atoms with E-state index >= 15 is 0 Å². The van der Waals surface area contributed by atoms with Gasteiger partial charge in [0, 0.05) is 24.0 Å². The summed E-state index contributed by atoms with van der Waals surface area (Å²) in [4.78, 5) is 36.5. The van der Waals surface area contributed by atoms with E-state index in [1.807, 2.05) is 24.3 Å². The SMILES string of the molecule is O=C(Cc1cc2ccccc2c(=O)[nH]1)N1CCc2nc[nH]c2C1. The molecule has 1 aromatic carbocycles. The highest BCUT2D eigenvalue weighted by atomic mass is 16.2. The number of fused-ring (bicyclic) bond motifs is 2. The lowest BCUT2D eigenvalue weighted by Crippen LogP contribution is -2.37. The summed E-state index contributed by atoms with van der Waals surface area (Å²) < 4.78 is 0. The second-order valence-electron chi connectivity index (χ2n) is 5.78. The van der Waals surface area contributed by atoms with Gasteiger partial charge in [0.25, 0.3) is 5.56 Å². The fourth-order valence-electron chi connectivity index (χ4n) is 3.06. The first kappa shape index (κ1) is 13.8. The van der Waals surface area contributed by atoms with Crippen LogP contribution in [-0.2, 0) is 24.2 Å². The van der Waals surface area contributed by atoms with Crippen molar-refractivity contribution in [3.05, 3.63) is 64.1 Å². The van der Waals surface area contributed by atoms with Crippen LogP contribution in [0.25, 0.3) is 10.8 Å². The highest BCUT2D eigenvalue weighted by molar-refractivity contribution is 5.84. The minimum atomic E-state index is -0.152. The van der Waals surface area contributed by atoms with Crippen molar-refractivity contribution in [3.8, 4) is 0 Å². The quantitative estimate of drug-likeness (QED) is 0.750. The van der Waals surface area contributed by atoms with Crippen LogP contribution in [0.1, 0.15) is 17.1 Å². The first-order chi connectivity index (χ1) is 11.2. The zero-order valence-corrected chi connectivity index (χ0v) is 12.5. The number of rotatable bonds is 2. The van der Waals surface area contributed by atoms with Crippen LogP contribution in [0, 0.1) is 0 Å². The molecule has 6 nitrogen and oxygen atoms in total. The van der Waals surface area contributed by atoms with E-state index in [4.69, 9.17) is 0 Å². The molecule has 0 saturated carbocycles. The number of nitrogens with one attached hydrogen (secondary N) is 2. The normalized spacial score (nSPS) is 14.0. The summed E-state index contributed by atoms with van der Waals surface area (Å²) in [5, 5.41) is 1.50. The average Bonchev–Trinajstić information content (AvgIpc) is 3.02. The van der Waals surface area contributed by atoms with Crippen LogP contribution in [0.3, 0.4) is 0 Å². The van der Waals surface area contributed by atoms with Crippen LogP contribution in [0.15, 0.2) is 41.5 Å². The summed E-state index contributed by atoms with van der Waals surface area (Å²) >= 11 is 0. The molecule has 0 fully saturated rings. The molecule has 0 bridgehead atoms. The maximum absolute atomic E-state index is 12.5. The Balaban J connectivity index is 1.56. The molecule has 0 radical (unpaired) electrons. The third-order valence-corrected chi connectivity index (χ3v) is 4.28. The number of carbonyl (C=O) groups excluding carboxylic acids is 1. The van der Waals surface area contributed by atoms with E-state index in [1.165, 1.54) is 0 Å². The molecule has 3 aromatic rings. The van der Waals surface area contributed by atoms with Gasteiger partial charge in [-0.1, -0.05) is 18.2 Å². The van der Waals surface area contributed by atoms with Gasteiger partial charge < -0.3 is 14.9 Å². The molecule has 0 spiro atoms. The molecule has 1 amide bonds. The molecule has 2 aromatic heterocycles. The number of amides is 1. The van der Waals surface area contributed by atoms with Crippen molar-refractivity contribution in [2.75, 3.05) is 6.54 Å². The summed E-state index contributed by atoms with van der Waals surface area (Å²) in [6.07, 6.45) is 2.63. The summed E-state index contributed by atoms with van der Waals surface area (Å²) in [6, 6.07) is 9.26. The molecule has 0 saturated heterocycles. The average molecular weight is 308 g/mol. The van der Waals surface area contributed by atoms with Crippen molar-refractivity contribution < 1.29 is 4.79 Å². The van der Waals surface area contributed by atoms with E-state index < -0.39 is 0 Å². The van der Waals surface area contributed by atoms with Gasteiger partial charge >= 0.3 is 0 Å². The van der Waals surface area contributed by atoms with Crippen molar-refractivity contribution in [1.29, 1.82) is 0 Å². The lowest BCUT2D eigenvalue weighted by Gasteiger charge is -2.26. The van der Waals surface area contributed by atoms with Crippen molar-refractivity contribution in [1.82, 2.24) is 19.9 Å². The van der Waals surface area contributed by atoms with Crippen LogP contribution in [0.5, 0.6) is 0 Å². The van der Waals surface area contributed by atoms with Crippen molar-refractivity contribution >= 4 is 16.7 Å². The molecule has 23 heavy (non-hydrogen) atoms. The molecular formula is C17H16N4O2. The Hall–Kier alpha value is -2.89. The second-order valence-corrected chi connectivity index (χ2v) is 5.78. The van der Waals surface area contributed by atoms with Gasteiger partial charge in [-0.3, -0.25) is 9.59 Å². The molecule has 1 aliphatic heterocycles. The molecule has 4 rings (SSSR count). The van der Waals surface area contributed by atoms with Crippen molar-refractivity contribution in [2.45, 2.75) is 19.4 Å². The van der Waals surface area contributed by atoms with E-state index in [1.54, 1.807) is 17.3 Å². The minimum Gasteiger partial charge on any atom is -0.347 e. The summed E-state index contributed by atoms with van der Waals surface area (Å²) in [5.74, 6) is 0.0104. The Morgan fingerprint density at radius 3 is 3.09 bits per heavy atom. The Labute approximate surface area is 132 Å². The molecule has 0 unspecified atom stereocenters. The van der Waals surface area contributed by atoms with E-state index in [9.17, 15) is 9.59 Å². The number of H-pyrrole nitrogens is 2. The van der Waals surface area contributed by atoms with Crippen LogP contribution in [0.4, 0.5) is 0 Å². The van der Waals surface area contributed by atoms with E-state index in [2.05, 4.69) is 15.0 Å². The van der Waals surface area contributed by atoms with Gasteiger partial charge in [-0.15, -0.1) is 0 Å². The summed E-state index contributed by atoms with van der Waals surface area (Å²) in [6.45, 7) is 1.21. The fourth-order valence-corrected chi connectivity index (χ4v) is 3.06. The molecule has 116 valence electrons. The van der Waals surface area contributed by atoms with Crippen LogP contribution < -0.4 is 5.56 Å². The van der Waals surface area contributed by atoms with Crippen LogP contribution in [0.2, 0.25) is 0 Å². The molecule has 6 heteroatoms. The fraction of sp³-hybridized carbons (Fsp3) is 0.235. The third kappa shape index (κ3) is 2.52. The number of carbonyl (C=O) groups is 1. The Bertz CT molecular complexity index is 941. The van der Waals surface area contributed by atoms with Gasteiger partial charge in [-0.25, -0.2) is 4.98 Å². The zero-order chi connectivity index (χ0) is 15.8. The molecule has 0 atom stereocenters. The summed E-state index contributed by atoms with van der Waals surface area (Å²) in [5.41, 5.74) is 2.53. The zero-order valence-electron chi connectivity index (χ0n) is 12.5. The van der Waals surface area contributed by atoms with Crippen LogP contribution >= 0.6 is 0 Å².